The molecule has 0 fully saturated rings. The van der Waals surface area contributed by atoms with Gasteiger partial charge in [0, 0.05) is 18.7 Å². The number of rotatable bonds is 8. The van der Waals surface area contributed by atoms with Crippen LogP contribution in [0.15, 0.2) is 48.5 Å². The Kier molecular flexibility index (Phi) is 6.11. The molecule has 0 amide bonds. The van der Waals surface area contributed by atoms with Crippen LogP contribution in [0, 0.1) is 10.1 Å². The smallest absolute Gasteiger partial charge is 0.269 e. The van der Waals surface area contributed by atoms with Gasteiger partial charge in [-0.2, -0.15) is 0 Å². The molecule has 0 spiro atoms. The molecule has 0 aromatic heterocycles. The van der Waals surface area contributed by atoms with Crippen LogP contribution in [0.2, 0.25) is 0 Å². The summed E-state index contributed by atoms with van der Waals surface area (Å²) in [6.45, 7) is 7.92. The summed E-state index contributed by atoms with van der Waals surface area (Å²) in [5, 5.41) is 10.7. The van der Waals surface area contributed by atoms with E-state index in [9.17, 15) is 10.1 Å². The molecule has 0 heterocycles. The quantitative estimate of drug-likeness (QED) is 0.546. The number of nitro benzene ring substituents is 1. The van der Waals surface area contributed by atoms with Crippen molar-refractivity contribution in [2.45, 2.75) is 13.8 Å². The molecule has 0 aliphatic carbocycles. The van der Waals surface area contributed by atoms with Crippen LogP contribution in [0.4, 0.5) is 5.69 Å². The second-order valence-corrected chi connectivity index (χ2v) is 5.20. The first-order valence-corrected chi connectivity index (χ1v) is 7.84. The Labute approximate surface area is 136 Å². The molecule has 5 heteroatoms. The Morgan fingerprint density at radius 1 is 0.957 bits per heavy atom. The highest BCUT2D eigenvalue weighted by atomic mass is 16.6. The van der Waals surface area contributed by atoms with E-state index in [-0.39, 0.29) is 5.69 Å². The van der Waals surface area contributed by atoms with Crippen LogP contribution in [-0.2, 0) is 0 Å². The summed E-state index contributed by atoms with van der Waals surface area (Å²) in [6, 6.07) is 14.3. The molecular formula is C18H22N2O3. The number of hydrogen-bond acceptors (Lipinski definition) is 4. The minimum atomic E-state index is -0.392. The molecule has 0 unspecified atom stereocenters. The molecule has 23 heavy (non-hydrogen) atoms. The van der Waals surface area contributed by atoms with Gasteiger partial charge in [0.25, 0.3) is 5.69 Å². The largest absolute Gasteiger partial charge is 0.492 e. The molecule has 0 aliphatic heterocycles. The van der Waals surface area contributed by atoms with Gasteiger partial charge in [0.15, 0.2) is 0 Å². The number of hydrogen-bond donors (Lipinski definition) is 0. The van der Waals surface area contributed by atoms with E-state index in [0.717, 1.165) is 36.5 Å². The van der Waals surface area contributed by atoms with Gasteiger partial charge in [0.1, 0.15) is 12.4 Å². The molecule has 0 saturated heterocycles. The molecule has 122 valence electrons. The lowest BCUT2D eigenvalue weighted by Gasteiger charge is -2.18. The number of nitrogens with zero attached hydrogens (tertiary/aromatic N) is 2. The maximum Gasteiger partial charge on any atom is 0.269 e. The maximum absolute atomic E-state index is 10.7. The van der Waals surface area contributed by atoms with E-state index in [1.807, 2.05) is 24.3 Å². The summed E-state index contributed by atoms with van der Waals surface area (Å²) in [5.74, 6) is 0.836. The first-order valence-electron chi connectivity index (χ1n) is 7.84. The summed E-state index contributed by atoms with van der Waals surface area (Å²) < 4.78 is 5.75. The van der Waals surface area contributed by atoms with Crippen LogP contribution in [0.1, 0.15) is 13.8 Å². The van der Waals surface area contributed by atoms with Gasteiger partial charge in [-0.25, -0.2) is 0 Å². The molecule has 2 aromatic rings. The lowest BCUT2D eigenvalue weighted by molar-refractivity contribution is -0.384. The molecule has 2 aromatic carbocycles. The van der Waals surface area contributed by atoms with Gasteiger partial charge in [0.2, 0.25) is 0 Å². The Balaban J connectivity index is 1.95. The van der Waals surface area contributed by atoms with E-state index < -0.39 is 4.92 Å². The fourth-order valence-electron chi connectivity index (χ4n) is 2.35. The fraction of sp³-hybridized carbons (Fsp3) is 0.333. The standard InChI is InChI=1S/C18H22N2O3/c1-3-19(4-2)13-14-23-18-11-7-16(8-12-18)15-5-9-17(10-6-15)20(21)22/h5-12H,3-4,13-14H2,1-2H3. The van der Waals surface area contributed by atoms with Crippen molar-refractivity contribution in [2.24, 2.45) is 0 Å². The predicted octanol–water partition coefficient (Wildman–Crippen LogP) is 3.98. The maximum atomic E-state index is 10.7. The number of nitro groups is 1. The topological polar surface area (TPSA) is 55.6 Å². The number of non-ortho nitro benzene ring substituents is 1. The first kappa shape index (κ1) is 17.0. The monoisotopic (exact) mass is 314 g/mol. The summed E-state index contributed by atoms with van der Waals surface area (Å²) in [5.41, 5.74) is 2.06. The molecular weight excluding hydrogens is 292 g/mol. The van der Waals surface area contributed by atoms with E-state index in [2.05, 4.69) is 18.7 Å². The minimum Gasteiger partial charge on any atom is -0.492 e. The second-order valence-electron chi connectivity index (χ2n) is 5.20. The molecule has 0 atom stereocenters. The van der Waals surface area contributed by atoms with Gasteiger partial charge in [-0.05, 0) is 48.5 Å². The van der Waals surface area contributed by atoms with Gasteiger partial charge in [-0.1, -0.05) is 26.0 Å². The molecule has 5 nitrogen and oxygen atoms in total. The summed E-state index contributed by atoms with van der Waals surface area (Å²) >= 11 is 0. The van der Waals surface area contributed by atoms with Crippen LogP contribution in [0.5, 0.6) is 5.75 Å². The van der Waals surface area contributed by atoms with Gasteiger partial charge in [0.05, 0.1) is 4.92 Å². The SMILES string of the molecule is CCN(CC)CCOc1ccc(-c2ccc([N+](=O)[O-])cc2)cc1. The number of benzene rings is 2. The Morgan fingerprint density at radius 3 is 1.96 bits per heavy atom. The van der Waals surface area contributed by atoms with Crippen molar-refractivity contribution < 1.29 is 9.66 Å². The van der Waals surface area contributed by atoms with Gasteiger partial charge in [-0.15, -0.1) is 0 Å². The highest BCUT2D eigenvalue weighted by Crippen LogP contribution is 2.24. The van der Waals surface area contributed by atoms with Crippen molar-refractivity contribution in [3.05, 3.63) is 58.6 Å². The summed E-state index contributed by atoms with van der Waals surface area (Å²) in [4.78, 5) is 12.6. The number of ether oxygens (including phenoxy) is 1. The van der Waals surface area contributed by atoms with Crippen LogP contribution < -0.4 is 4.74 Å². The predicted molar refractivity (Wildman–Crippen MR) is 91.8 cm³/mol. The highest BCUT2D eigenvalue weighted by Gasteiger charge is 2.05. The Morgan fingerprint density at radius 2 is 1.48 bits per heavy atom. The molecule has 0 saturated carbocycles. The van der Waals surface area contributed by atoms with E-state index in [1.54, 1.807) is 12.1 Å². The summed E-state index contributed by atoms with van der Waals surface area (Å²) in [7, 11) is 0. The zero-order valence-corrected chi connectivity index (χ0v) is 13.6. The van der Waals surface area contributed by atoms with Crippen LogP contribution in [0.3, 0.4) is 0 Å². The Hall–Kier alpha value is -2.40. The van der Waals surface area contributed by atoms with Gasteiger partial charge < -0.3 is 9.64 Å². The zero-order chi connectivity index (χ0) is 16.7. The first-order chi connectivity index (χ1) is 11.1. The third-order valence-corrected chi connectivity index (χ3v) is 3.84. The van der Waals surface area contributed by atoms with E-state index in [1.165, 1.54) is 12.1 Å². The van der Waals surface area contributed by atoms with Crippen molar-refractivity contribution in [3.63, 3.8) is 0 Å². The lowest BCUT2D eigenvalue weighted by atomic mass is 10.1. The van der Waals surface area contributed by atoms with Crippen LogP contribution in [-0.4, -0.2) is 36.1 Å². The number of likely N-dealkylation sites (N-methyl/N-ethyl adjacent to an activating group) is 1. The van der Waals surface area contributed by atoms with Crippen LogP contribution >= 0.6 is 0 Å². The van der Waals surface area contributed by atoms with Crippen LogP contribution in [0.25, 0.3) is 11.1 Å². The molecule has 0 bridgehead atoms. The van der Waals surface area contributed by atoms with Gasteiger partial charge in [-0.3, -0.25) is 10.1 Å². The molecule has 2 rings (SSSR count). The normalized spacial score (nSPS) is 10.7. The fourth-order valence-corrected chi connectivity index (χ4v) is 2.35. The molecule has 0 radical (unpaired) electrons. The Bertz CT molecular complexity index is 620. The average molecular weight is 314 g/mol. The lowest BCUT2D eigenvalue weighted by Crippen LogP contribution is -2.27. The zero-order valence-electron chi connectivity index (χ0n) is 13.6. The third kappa shape index (κ3) is 4.79. The van der Waals surface area contributed by atoms with Crippen molar-refractivity contribution in [1.29, 1.82) is 0 Å². The van der Waals surface area contributed by atoms with Gasteiger partial charge >= 0.3 is 0 Å². The van der Waals surface area contributed by atoms with E-state index in [0.29, 0.717) is 6.61 Å². The average Bonchev–Trinajstić information content (AvgIpc) is 2.59. The highest BCUT2D eigenvalue weighted by molar-refractivity contribution is 5.65. The van der Waals surface area contributed by atoms with E-state index >= 15 is 0 Å². The molecule has 0 aliphatic rings. The van der Waals surface area contributed by atoms with Crippen molar-refractivity contribution in [2.75, 3.05) is 26.2 Å². The van der Waals surface area contributed by atoms with Crippen molar-refractivity contribution >= 4 is 5.69 Å². The van der Waals surface area contributed by atoms with Crippen molar-refractivity contribution in [3.8, 4) is 16.9 Å². The van der Waals surface area contributed by atoms with Crippen molar-refractivity contribution in [1.82, 2.24) is 4.90 Å². The summed E-state index contributed by atoms with van der Waals surface area (Å²) in [6.07, 6.45) is 0. The van der Waals surface area contributed by atoms with E-state index in [4.69, 9.17) is 4.74 Å². The molecule has 0 N–H and O–H groups in total. The third-order valence-electron chi connectivity index (χ3n) is 3.84. The second kappa shape index (κ2) is 8.29. The minimum absolute atomic E-state index is 0.102.